The Morgan fingerprint density at radius 1 is 1.25 bits per heavy atom. The predicted molar refractivity (Wildman–Crippen MR) is 88.9 cm³/mol. The Balaban J connectivity index is 1.72. The Bertz CT molecular complexity index is 831. The van der Waals surface area contributed by atoms with Crippen molar-refractivity contribution in [1.82, 2.24) is 14.5 Å². The summed E-state index contributed by atoms with van der Waals surface area (Å²) < 4.78 is 1.87. The predicted octanol–water partition coefficient (Wildman–Crippen LogP) is 1.41. The van der Waals surface area contributed by atoms with E-state index in [4.69, 9.17) is 5.11 Å². The van der Waals surface area contributed by atoms with E-state index < -0.39 is 5.97 Å². The maximum atomic E-state index is 12.6. The van der Waals surface area contributed by atoms with Gasteiger partial charge in [0.05, 0.1) is 6.54 Å². The highest BCUT2D eigenvalue weighted by atomic mass is 16.4. The minimum absolute atomic E-state index is 0.0211. The van der Waals surface area contributed by atoms with Gasteiger partial charge >= 0.3 is 5.97 Å². The van der Waals surface area contributed by atoms with Crippen molar-refractivity contribution in [3.05, 3.63) is 52.7 Å². The van der Waals surface area contributed by atoms with Crippen LogP contribution in [0.2, 0.25) is 0 Å². The van der Waals surface area contributed by atoms with Gasteiger partial charge in [0.1, 0.15) is 0 Å². The largest absolute Gasteiger partial charge is 0.480 e. The lowest BCUT2D eigenvalue weighted by Crippen LogP contribution is -2.48. The molecule has 0 unspecified atom stereocenters. The van der Waals surface area contributed by atoms with E-state index in [9.17, 15) is 9.59 Å². The number of likely N-dealkylation sites (tertiary alicyclic amines) is 1. The molecular formula is C18H19N3O3. The molecule has 2 aromatic heterocycles. The first-order chi connectivity index (χ1) is 11.6. The van der Waals surface area contributed by atoms with Crippen LogP contribution >= 0.6 is 0 Å². The molecule has 6 nitrogen and oxygen atoms in total. The van der Waals surface area contributed by atoms with Gasteiger partial charge in [-0.2, -0.15) is 0 Å². The number of hydrogen-bond acceptors (Lipinski definition) is 4. The molecule has 0 aliphatic carbocycles. The lowest BCUT2D eigenvalue weighted by molar-refractivity contribution is -0.139. The van der Waals surface area contributed by atoms with Crippen LogP contribution in [-0.2, 0) is 11.3 Å². The molecule has 0 spiro atoms. The van der Waals surface area contributed by atoms with Crippen molar-refractivity contribution >= 4 is 5.97 Å². The molecule has 0 radical (unpaired) electrons. The average Bonchev–Trinajstić information content (AvgIpc) is 2.56. The number of rotatable bonds is 3. The summed E-state index contributed by atoms with van der Waals surface area (Å²) in [5, 5.41) is 9.06. The van der Waals surface area contributed by atoms with Gasteiger partial charge in [0.2, 0.25) is 0 Å². The van der Waals surface area contributed by atoms with Crippen molar-refractivity contribution in [2.75, 3.05) is 19.6 Å². The first-order valence-corrected chi connectivity index (χ1v) is 8.19. The minimum atomic E-state index is -0.795. The Hall–Kier alpha value is -2.47. The molecule has 2 aliphatic rings. The number of aliphatic carboxylic acids is 1. The zero-order valence-corrected chi connectivity index (χ0v) is 13.3. The summed E-state index contributed by atoms with van der Waals surface area (Å²) in [5.74, 6) is -0.241. The highest BCUT2D eigenvalue weighted by molar-refractivity contribution is 5.69. The van der Waals surface area contributed by atoms with E-state index in [1.807, 2.05) is 21.6 Å². The van der Waals surface area contributed by atoms with Crippen molar-refractivity contribution in [2.24, 2.45) is 5.92 Å². The molecule has 1 N–H and O–H groups in total. The van der Waals surface area contributed by atoms with Gasteiger partial charge in [-0.15, -0.1) is 0 Å². The maximum Gasteiger partial charge on any atom is 0.317 e. The van der Waals surface area contributed by atoms with Crippen LogP contribution in [0.3, 0.4) is 0 Å². The molecule has 2 aliphatic heterocycles. The van der Waals surface area contributed by atoms with Gasteiger partial charge in [-0.05, 0) is 30.0 Å². The van der Waals surface area contributed by atoms with Crippen LogP contribution in [0.25, 0.3) is 11.1 Å². The molecule has 2 atom stereocenters. The highest BCUT2D eigenvalue weighted by Crippen LogP contribution is 2.36. The Labute approximate surface area is 139 Å². The summed E-state index contributed by atoms with van der Waals surface area (Å²) in [5.41, 5.74) is 2.85. The van der Waals surface area contributed by atoms with Gasteiger partial charge in [0.25, 0.3) is 5.56 Å². The van der Waals surface area contributed by atoms with Gasteiger partial charge in [0, 0.05) is 55.3 Å². The van der Waals surface area contributed by atoms with Crippen LogP contribution in [0.4, 0.5) is 0 Å². The van der Waals surface area contributed by atoms with Gasteiger partial charge in [-0.1, -0.05) is 6.07 Å². The van der Waals surface area contributed by atoms with Gasteiger partial charge in [-0.3, -0.25) is 19.5 Å². The number of hydrogen-bond donors (Lipinski definition) is 1. The van der Waals surface area contributed by atoms with E-state index in [1.165, 1.54) is 0 Å². The standard InChI is InChI=1S/C18H19N3O3/c22-17-6-14(13-2-1-3-19-7-13)5-16-15-4-12(9-21(16)17)8-20(10-15)11-18(23)24/h1-3,5-7,12,15H,4,8-11H2,(H,23,24)/t12-,15+/m0/s1. The van der Waals surface area contributed by atoms with Gasteiger partial charge < -0.3 is 9.67 Å². The molecule has 4 heterocycles. The molecule has 0 amide bonds. The first-order valence-electron chi connectivity index (χ1n) is 8.19. The van der Waals surface area contributed by atoms with Crippen LogP contribution in [0.5, 0.6) is 0 Å². The van der Waals surface area contributed by atoms with Gasteiger partial charge in [-0.25, -0.2) is 0 Å². The molecular weight excluding hydrogens is 306 g/mol. The molecule has 6 heteroatoms. The second-order valence-corrected chi connectivity index (χ2v) is 6.75. The molecule has 2 bridgehead atoms. The summed E-state index contributed by atoms with van der Waals surface area (Å²) >= 11 is 0. The van der Waals surface area contributed by atoms with Crippen LogP contribution in [-0.4, -0.2) is 45.2 Å². The molecule has 24 heavy (non-hydrogen) atoms. The van der Waals surface area contributed by atoms with E-state index in [1.54, 1.807) is 18.5 Å². The Kier molecular flexibility index (Phi) is 3.69. The second-order valence-electron chi connectivity index (χ2n) is 6.75. The summed E-state index contributed by atoms with van der Waals surface area (Å²) in [7, 11) is 0. The summed E-state index contributed by atoms with van der Waals surface area (Å²) in [6.07, 6.45) is 4.49. The van der Waals surface area contributed by atoms with Gasteiger partial charge in [0.15, 0.2) is 0 Å². The molecule has 1 saturated heterocycles. The van der Waals surface area contributed by atoms with E-state index in [0.29, 0.717) is 19.0 Å². The number of carboxylic acids is 1. The molecule has 0 saturated carbocycles. The fraction of sp³-hybridized carbons (Fsp3) is 0.389. The Morgan fingerprint density at radius 2 is 2.12 bits per heavy atom. The number of fused-ring (bicyclic) bond motifs is 4. The SMILES string of the molecule is O=C(O)CN1C[C@@H]2C[C@H](C1)c1cc(-c3cccnc3)cc(=O)n1C2. The lowest BCUT2D eigenvalue weighted by atomic mass is 9.82. The number of carboxylic acid groups (broad SMARTS) is 1. The zero-order valence-electron chi connectivity index (χ0n) is 13.3. The fourth-order valence-electron chi connectivity index (χ4n) is 4.08. The molecule has 4 rings (SSSR count). The number of nitrogens with zero attached hydrogens (tertiary/aromatic N) is 3. The third kappa shape index (κ3) is 2.73. The monoisotopic (exact) mass is 325 g/mol. The third-order valence-electron chi connectivity index (χ3n) is 4.99. The topological polar surface area (TPSA) is 75.4 Å². The fourth-order valence-corrected chi connectivity index (χ4v) is 4.08. The normalized spacial score (nSPS) is 22.8. The van der Waals surface area contributed by atoms with E-state index in [2.05, 4.69) is 11.1 Å². The van der Waals surface area contributed by atoms with Crippen molar-refractivity contribution in [3.8, 4) is 11.1 Å². The summed E-state index contributed by atoms with van der Waals surface area (Å²) in [6.45, 7) is 2.19. The molecule has 124 valence electrons. The quantitative estimate of drug-likeness (QED) is 0.923. The zero-order chi connectivity index (χ0) is 16.7. The van der Waals surface area contributed by atoms with Crippen molar-refractivity contribution < 1.29 is 9.90 Å². The molecule has 2 aromatic rings. The van der Waals surface area contributed by atoms with Crippen LogP contribution < -0.4 is 5.56 Å². The average molecular weight is 325 g/mol. The van der Waals surface area contributed by atoms with Crippen molar-refractivity contribution in [2.45, 2.75) is 18.9 Å². The lowest BCUT2D eigenvalue weighted by Gasteiger charge is -2.42. The Morgan fingerprint density at radius 3 is 2.88 bits per heavy atom. The smallest absolute Gasteiger partial charge is 0.317 e. The number of piperidine rings is 1. The minimum Gasteiger partial charge on any atom is -0.480 e. The van der Waals surface area contributed by atoms with Crippen molar-refractivity contribution in [3.63, 3.8) is 0 Å². The first kappa shape index (κ1) is 15.1. The van der Waals surface area contributed by atoms with E-state index in [-0.39, 0.29) is 18.0 Å². The van der Waals surface area contributed by atoms with Crippen LogP contribution in [0.1, 0.15) is 18.0 Å². The maximum absolute atomic E-state index is 12.6. The molecule has 0 aromatic carbocycles. The number of pyridine rings is 2. The van der Waals surface area contributed by atoms with E-state index in [0.717, 1.165) is 29.8 Å². The second kappa shape index (κ2) is 5.87. The number of carbonyl (C=O) groups is 1. The highest BCUT2D eigenvalue weighted by Gasteiger charge is 2.35. The van der Waals surface area contributed by atoms with Crippen molar-refractivity contribution in [1.29, 1.82) is 0 Å². The number of aromatic nitrogens is 2. The van der Waals surface area contributed by atoms with E-state index >= 15 is 0 Å². The molecule has 1 fully saturated rings. The summed E-state index contributed by atoms with van der Waals surface area (Å²) in [6, 6.07) is 7.56. The van der Waals surface area contributed by atoms with Crippen LogP contribution in [0.15, 0.2) is 41.5 Å². The third-order valence-corrected chi connectivity index (χ3v) is 4.99. The summed E-state index contributed by atoms with van der Waals surface area (Å²) in [4.78, 5) is 29.7. The van der Waals surface area contributed by atoms with Crippen LogP contribution in [0, 0.1) is 5.92 Å².